The Hall–Kier alpha value is -0.410. The summed E-state index contributed by atoms with van der Waals surface area (Å²) in [5, 5.41) is 11.4. The monoisotopic (exact) mass is 145 g/mol. The van der Waals surface area contributed by atoms with E-state index in [0.29, 0.717) is 5.92 Å². The van der Waals surface area contributed by atoms with E-state index < -0.39 is 0 Å². The lowest BCUT2D eigenvalue weighted by atomic mass is 10.2. The lowest BCUT2D eigenvalue weighted by Gasteiger charge is -2.10. The highest BCUT2D eigenvalue weighted by atomic mass is 16.3. The van der Waals surface area contributed by atoms with Crippen LogP contribution >= 0.6 is 0 Å². The van der Waals surface area contributed by atoms with Crippen molar-refractivity contribution in [2.24, 2.45) is 5.92 Å². The fourth-order valence-corrected chi connectivity index (χ4v) is 0.543. The Labute approximate surface area is 61.4 Å². The number of aliphatic hydroxyl groups excluding tert-OH is 1. The number of rotatable bonds is 5. The van der Waals surface area contributed by atoms with Crippen molar-refractivity contribution in [3.63, 3.8) is 0 Å². The van der Waals surface area contributed by atoms with Gasteiger partial charge in [-0.3, -0.25) is 0 Å². The number of carbonyl (C=O) groups is 1. The Bertz CT molecular complexity index is 93.6. The predicted octanol–water partition coefficient (Wildman–Crippen LogP) is -0.208. The van der Waals surface area contributed by atoms with Gasteiger partial charge in [0, 0.05) is 0 Å². The zero-order valence-electron chi connectivity index (χ0n) is 6.50. The van der Waals surface area contributed by atoms with E-state index in [0.717, 1.165) is 12.8 Å². The van der Waals surface area contributed by atoms with Crippen molar-refractivity contribution in [2.45, 2.75) is 19.9 Å². The second-order valence-electron chi connectivity index (χ2n) is 2.73. The minimum Gasteiger partial charge on any atom is -0.394 e. The normalized spacial score (nSPS) is 13.6. The maximum atomic E-state index is 10.1. The van der Waals surface area contributed by atoms with Crippen LogP contribution in [0.2, 0.25) is 0 Å². The van der Waals surface area contributed by atoms with Crippen LogP contribution < -0.4 is 5.32 Å². The highest BCUT2D eigenvalue weighted by Crippen LogP contribution is 1.87. The molecular formula is C7H15NO2. The Morgan fingerprint density at radius 1 is 1.60 bits per heavy atom. The molecule has 0 spiro atoms. The number of nitrogens with one attached hydrogen (secondary N) is 1. The molecule has 0 aromatic heterocycles. The molecule has 0 fully saturated rings. The van der Waals surface area contributed by atoms with Crippen LogP contribution in [0.5, 0.6) is 0 Å². The van der Waals surface area contributed by atoms with Crippen LogP contribution in [0.4, 0.5) is 0 Å². The summed E-state index contributed by atoms with van der Waals surface area (Å²) in [7, 11) is 0. The quantitative estimate of drug-likeness (QED) is 0.526. The molecule has 0 aliphatic rings. The number of aldehydes is 1. The van der Waals surface area contributed by atoms with E-state index in [4.69, 9.17) is 5.11 Å². The largest absolute Gasteiger partial charge is 0.394 e. The van der Waals surface area contributed by atoms with Gasteiger partial charge >= 0.3 is 0 Å². The lowest BCUT2D eigenvalue weighted by molar-refractivity contribution is -0.110. The van der Waals surface area contributed by atoms with Gasteiger partial charge < -0.3 is 15.2 Å². The van der Waals surface area contributed by atoms with E-state index in [1.807, 2.05) is 13.8 Å². The molecular weight excluding hydrogens is 130 g/mol. The molecule has 3 nitrogen and oxygen atoms in total. The third-order valence-corrected chi connectivity index (χ3v) is 1.15. The van der Waals surface area contributed by atoms with Crippen molar-refractivity contribution < 1.29 is 9.90 Å². The molecule has 1 atom stereocenters. The topological polar surface area (TPSA) is 49.3 Å². The van der Waals surface area contributed by atoms with Crippen molar-refractivity contribution >= 4 is 6.29 Å². The van der Waals surface area contributed by atoms with Crippen LogP contribution in [0.25, 0.3) is 0 Å². The smallest absolute Gasteiger partial charge is 0.139 e. The Morgan fingerprint density at radius 2 is 2.20 bits per heavy atom. The molecule has 0 saturated carbocycles. The van der Waals surface area contributed by atoms with Gasteiger partial charge in [0.25, 0.3) is 0 Å². The zero-order chi connectivity index (χ0) is 7.98. The van der Waals surface area contributed by atoms with Gasteiger partial charge in [0.15, 0.2) is 0 Å². The molecule has 0 radical (unpaired) electrons. The van der Waals surface area contributed by atoms with Gasteiger partial charge in [0.2, 0.25) is 0 Å². The summed E-state index contributed by atoms with van der Waals surface area (Å²) in [5.74, 6) is 0.508. The van der Waals surface area contributed by atoms with Gasteiger partial charge in [-0.15, -0.1) is 0 Å². The number of carbonyl (C=O) groups excluding carboxylic acids is 1. The highest BCUT2D eigenvalue weighted by molar-refractivity contribution is 5.57. The molecule has 0 saturated heterocycles. The van der Waals surface area contributed by atoms with E-state index >= 15 is 0 Å². The van der Waals surface area contributed by atoms with Gasteiger partial charge in [0.05, 0.1) is 12.6 Å². The summed E-state index contributed by atoms with van der Waals surface area (Å²) in [5.41, 5.74) is 0. The molecule has 2 N–H and O–H groups in total. The lowest BCUT2D eigenvalue weighted by Crippen LogP contribution is -2.36. The van der Waals surface area contributed by atoms with Crippen LogP contribution in [0, 0.1) is 5.92 Å². The first-order valence-electron chi connectivity index (χ1n) is 3.50. The highest BCUT2D eigenvalue weighted by Gasteiger charge is 2.03. The van der Waals surface area contributed by atoms with E-state index in [-0.39, 0.29) is 12.6 Å². The van der Waals surface area contributed by atoms with Crippen LogP contribution in [0.1, 0.15) is 13.8 Å². The maximum absolute atomic E-state index is 10.1. The Kier molecular flexibility index (Phi) is 5.16. The van der Waals surface area contributed by atoms with Crippen LogP contribution in [-0.2, 0) is 4.79 Å². The summed E-state index contributed by atoms with van der Waals surface area (Å²) < 4.78 is 0. The molecule has 0 unspecified atom stereocenters. The first-order valence-corrected chi connectivity index (χ1v) is 3.50. The van der Waals surface area contributed by atoms with Gasteiger partial charge in [-0.05, 0) is 12.5 Å². The van der Waals surface area contributed by atoms with Gasteiger partial charge in [-0.2, -0.15) is 0 Å². The van der Waals surface area contributed by atoms with E-state index in [1.54, 1.807) is 0 Å². The minimum absolute atomic E-state index is 0.115. The average molecular weight is 145 g/mol. The standard InChI is InChI=1S/C7H15NO2/c1-6(2)3-8-7(4-9)5-10/h4,6-8,10H,3,5H2,1-2H3/t7-/m1/s1. The minimum atomic E-state index is -0.387. The van der Waals surface area contributed by atoms with Gasteiger partial charge in [0.1, 0.15) is 6.29 Å². The first kappa shape index (κ1) is 9.59. The van der Waals surface area contributed by atoms with Gasteiger partial charge in [-0.25, -0.2) is 0 Å². The summed E-state index contributed by atoms with van der Waals surface area (Å²) in [6.07, 6.45) is 0.725. The summed E-state index contributed by atoms with van der Waals surface area (Å²) in [6.45, 7) is 4.75. The maximum Gasteiger partial charge on any atom is 0.139 e. The van der Waals surface area contributed by atoms with E-state index in [2.05, 4.69) is 5.32 Å². The molecule has 0 heterocycles. The van der Waals surface area contributed by atoms with Crippen molar-refractivity contribution in [2.75, 3.05) is 13.2 Å². The molecule has 0 rings (SSSR count). The summed E-state index contributed by atoms with van der Waals surface area (Å²) in [6, 6.07) is -0.387. The molecule has 3 heteroatoms. The third kappa shape index (κ3) is 4.47. The Morgan fingerprint density at radius 3 is 2.50 bits per heavy atom. The third-order valence-electron chi connectivity index (χ3n) is 1.15. The fraction of sp³-hybridized carbons (Fsp3) is 0.857. The van der Waals surface area contributed by atoms with Gasteiger partial charge in [-0.1, -0.05) is 13.8 Å². The van der Waals surface area contributed by atoms with E-state index in [1.165, 1.54) is 0 Å². The molecule has 0 aromatic carbocycles. The molecule has 10 heavy (non-hydrogen) atoms. The molecule has 60 valence electrons. The number of hydrogen-bond acceptors (Lipinski definition) is 3. The first-order chi connectivity index (χ1) is 4.70. The van der Waals surface area contributed by atoms with Crippen molar-refractivity contribution in [3.05, 3.63) is 0 Å². The van der Waals surface area contributed by atoms with Crippen LogP contribution in [0.15, 0.2) is 0 Å². The van der Waals surface area contributed by atoms with E-state index in [9.17, 15) is 4.79 Å². The predicted molar refractivity (Wildman–Crippen MR) is 39.8 cm³/mol. The molecule has 0 aliphatic carbocycles. The van der Waals surface area contributed by atoms with Crippen molar-refractivity contribution in [3.8, 4) is 0 Å². The number of hydrogen-bond donors (Lipinski definition) is 2. The van der Waals surface area contributed by atoms with Crippen LogP contribution in [-0.4, -0.2) is 30.6 Å². The Balaban J connectivity index is 3.34. The molecule has 0 amide bonds. The second-order valence-corrected chi connectivity index (χ2v) is 2.73. The SMILES string of the molecule is CC(C)CN[C@H](C=O)CO. The zero-order valence-corrected chi connectivity index (χ0v) is 6.50. The van der Waals surface area contributed by atoms with Crippen molar-refractivity contribution in [1.82, 2.24) is 5.32 Å². The average Bonchev–Trinajstić information content (AvgIpc) is 1.90. The second kappa shape index (κ2) is 5.38. The summed E-state index contributed by atoms with van der Waals surface area (Å²) >= 11 is 0. The molecule has 0 aliphatic heterocycles. The molecule has 0 bridgehead atoms. The van der Waals surface area contributed by atoms with Crippen molar-refractivity contribution in [1.29, 1.82) is 0 Å². The summed E-state index contributed by atoms with van der Waals surface area (Å²) in [4.78, 5) is 10.1. The fourth-order valence-electron chi connectivity index (χ4n) is 0.543. The number of aliphatic hydroxyl groups is 1. The molecule has 0 aromatic rings. The van der Waals surface area contributed by atoms with Crippen LogP contribution in [0.3, 0.4) is 0 Å².